The van der Waals surface area contributed by atoms with Crippen molar-refractivity contribution in [3.05, 3.63) is 38.9 Å². The highest BCUT2D eigenvalue weighted by molar-refractivity contribution is 8.06. The van der Waals surface area contributed by atoms with Crippen LogP contribution in [0.3, 0.4) is 0 Å². The summed E-state index contributed by atoms with van der Waals surface area (Å²) in [5.74, 6) is 0.183. The first kappa shape index (κ1) is 20.3. The molecule has 7 heteroatoms. The Morgan fingerprint density at radius 2 is 2.04 bits per heavy atom. The van der Waals surface area contributed by atoms with Gasteiger partial charge in [-0.1, -0.05) is 56.5 Å². The van der Waals surface area contributed by atoms with E-state index in [2.05, 4.69) is 37.4 Å². The van der Waals surface area contributed by atoms with Crippen molar-refractivity contribution in [2.75, 3.05) is 7.05 Å². The van der Waals surface area contributed by atoms with Crippen molar-refractivity contribution >= 4 is 40.2 Å². The molecule has 5 nitrogen and oxygen atoms in total. The molecule has 0 saturated heterocycles. The average molecular weight is 364 g/mol. The third-order valence-corrected chi connectivity index (χ3v) is 5.01. The van der Waals surface area contributed by atoms with E-state index in [1.807, 2.05) is 26.0 Å². The molecule has 1 aromatic rings. The molecule has 1 rings (SSSR count). The predicted molar refractivity (Wildman–Crippen MR) is 107 cm³/mol. The number of rotatable bonds is 5. The van der Waals surface area contributed by atoms with Crippen LogP contribution >= 0.6 is 23.1 Å². The highest BCUT2D eigenvalue weighted by atomic mass is 32.2. The van der Waals surface area contributed by atoms with Gasteiger partial charge in [-0.2, -0.15) is 9.78 Å². The van der Waals surface area contributed by atoms with E-state index in [4.69, 9.17) is 10.8 Å². The van der Waals surface area contributed by atoms with E-state index in [1.54, 1.807) is 12.5 Å². The summed E-state index contributed by atoms with van der Waals surface area (Å²) < 4.78 is 1.35. The second-order valence-corrected chi connectivity index (χ2v) is 8.08. The molecule has 0 amide bonds. The van der Waals surface area contributed by atoms with E-state index < -0.39 is 0 Å². The molecule has 2 N–H and O–H groups in total. The fourth-order valence-corrected chi connectivity index (χ4v) is 3.20. The van der Waals surface area contributed by atoms with E-state index in [9.17, 15) is 0 Å². The number of allylic oxidation sites excluding steroid dienone is 4. The summed E-state index contributed by atoms with van der Waals surface area (Å²) >= 11 is 2.60. The zero-order valence-electron chi connectivity index (χ0n) is 15.1. The van der Waals surface area contributed by atoms with Crippen LogP contribution in [0.4, 0.5) is 0 Å². The Morgan fingerprint density at radius 3 is 2.50 bits per heavy atom. The summed E-state index contributed by atoms with van der Waals surface area (Å²) in [5, 5.41) is 23.2. The first-order chi connectivity index (χ1) is 11.1. The minimum atomic E-state index is -0.0571. The molecule has 1 heterocycles. The minimum absolute atomic E-state index is 0.0571. The Balaban J connectivity index is 3.25. The Morgan fingerprint density at radius 1 is 1.42 bits per heavy atom. The second-order valence-electron chi connectivity index (χ2n) is 6.10. The van der Waals surface area contributed by atoms with E-state index in [0.717, 1.165) is 11.3 Å². The SMILES string of the molecule is C=CS/C(=C\C)C(=N)n1nc(/C(C)=C/C(=NC)C(C)(C)C)sc1=N. The zero-order chi connectivity index (χ0) is 18.5. The summed E-state index contributed by atoms with van der Waals surface area (Å²) in [5.41, 5.74) is 1.85. The van der Waals surface area contributed by atoms with Crippen LogP contribution in [0.1, 0.15) is 39.6 Å². The average Bonchev–Trinajstić information content (AvgIpc) is 2.90. The van der Waals surface area contributed by atoms with E-state index in [-0.39, 0.29) is 16.1 Å². The lowest BCUT2D eigenvalue weighted by atomic mass is 9.89. The molecule has 130 valence electrons. The van der Waals surface area contributed by atoms with Crippen LogP contribution < -0.4 is 4.80 Å². The van der Waals surface area contributed by atoms with Crippen molar-refractivity contribution in [2.45, 2.75) is 34.6 Å². The molecule has 1 aromatic heterocycles. The summed E-state index contributed by atoms with van der Waals surface area (Å²) in [6.45, 7) is 13.8. The van der Waals surface area contributed by atoms with Crippen LogP contribution in [0.2, 0.25) is 0 Å². The highest BCUT2D eigenvalue weighted by Crippen LogP contribution is 2.22. The first-order valence-electron chi connectivity index (χ1n) is 7.49. The number of nitrogens with one attached hydrogen (secondary N) is 2. The lowest BCUT2D eigenvalue weighted by molar-refractivity contribution is 0.593. The second kappa shape index (κ2) is 8.39. The van der Waals surface area contributed by atoms with Gasteiger partial charge in [0.1, 0.15) is 5.01 Å². The van der Waals surface area contributed by atoms with Gasteiger partial charge in [0.15, 0.2) is 5.84 Å². The smallest absolute Gasteiger partial charge is 0.206 e. The first-order valence-corrected chi connectivity index (χ1v) is 9.19. The molecule has 0 fully saturated rings. The number of hydrogen-bond donors (Lipinski definition) is 2. The molecular weight excluding hydrogens is 338 g/mol. The van der Waals surface area contributed by atoms with Gasteiger partial charge in [-0.25, -0.2) is 0 Å². The number of aliphatic imine (C=N–C) groups is 1. The number of nitrogens with zero attached hydrogens (tertiary/aromatic N) is 3. The normalized spacial score (nSPS) is 14.0. The molecule has 0 aliphatic rings. The monoisotopic (exact) mass is 363 g/mol. The Hall–Kier alpha value is -1.73. The third kappa shape index (κ3) is 4.88. The van der Waals surface area contributed by atoms with Crippen LogP contribution in [0.15, 0.2) is 34.0 Å². The molecule has 0 aromatic carbocycles. The number of aromatic nitrogens is 2. The predicted octanol–water partition coefficient (Wildman–Crippen LogP) is 4.55. The quantitative estimate of drug-likeness (QED) is 0.594. The molecule has 0 radical (unpaired) electrons. The van der Waals surface area contributed by atoms with Gasteiger partial charge in [-0.3, -0.25) is 15.8 Å². The van der Waals surface area contributed by atoms with E-state index in [1.165, 1.54) is 27.8 Å². The number of hydrogen-bond acceptors (Lipinski definition) is 6. The number of thioether (sulfide) groups is 1. The Kier molecular flexibility index (Phi) is 7.10. The highest BCUT2D eigenvalue weighted by Gasteiger charge is 2.18. The molecule has 0 bridgehead atoms. The van der Waals surface area contributed by atoms with Crippen molar-refractivity contribution in [1.29, 1.82) is 10.8 Å². The van der Waals surface area contributed by atoms with Gasteiger partial charge in [-0.05, 0) is 30.9 Å². The zero-order valence-corrected chi connectivity index (χ0v) is 16.7. The summed E-state index contributed by atoms with van der Waals surface area (Å²) in [6.07, 6.45) is 3.82. The van der Waals surface area contributed by atoms with Crippen LogP contribution in [-0.4, -0.2) is 28.4 Å². The maximum Gasteiger partial charge on any atom is 0.206 e. The molecule has 24 heavy (non-hydrogen) atoms. The lowest BCUT2D eigenvalue weighted by Crippen LogP contribution is -2.24. The molecular formula is C17H25N5S2. The van der Waals surface area contributed by atoms with E-state index >= 15 is 0 Å². The molecule has 0 atom stereocenters. The standard InChI is InChI=1S/C17H25N5S2/c1-8-12(23-9-2)14(18)22-16(19)24-15(21-22)11(3)10-13(20-7)17(4,5)6/h8-10,18-19H,2H2,1,3-7H3/b11-10+,12-8-,18-14?,19-16?,20-13?. The molecule has 0 aliphatic heterocycles. The molecule has 0 spiro atoms. The Labute approximate surface area is 151 Å². The van der Waals surface area contributed by atoms with Crippen LogP contribution in [0, 0.1) is 16.2 Å². The van der Waals surface area contributed by atoms with Gasteiger partial charge in [0, 0.05) is 18.2 Å². The lowest BCUT2D eigenvalue weighted by Gasteiger charge is -2.18. The molecule has 0 unspecified atom stereocenters. The Bertz CT molecular complexity index is 770. The van der Waals surface area contributed by atoms with Gasteiger partial charge in [0.05, 0.1) is 4.91 Å². The van der Waals surface area contributed by atoms with Crippen molar-refractivity contribution in [1.82, 2.24) is 9.78 Å². The van der Waals surface area contributed by atoms with Gasteiger partial charge < -0.3 is 0 Å². The third-order valence-electron chi connectivity index (χ3n) is 3.19. The van der Waals surface area contributed by atoms with Gasteiger partial charge >= 0.3 is 0 Å². The van der Waals surface area contributed by atoms with Gasteiger partial charge in [0.25, 0.3) is 0 Å². The van der Waals surface area contributed by atoms with Crippen molar-refractivity contribution in [3.63, 3.8) is 0 Å². The summed E-state index contributed by atoms with van der Waals surface area (Å²) in [6, 6.07) is 0. The van der Waals surface area contributed by atoms with Gasteiger partial charge in [0.2, 0.25) is 4.80 Å². The van der Waals surface area contributed by atoms with Crippen LogP contribution in [0.5, 0.6) is 0 Å². The summed E-state index contributed by atoms with van der Waals surface area (Å²) in [4.78, 5) is 5.29. The summed E-state index contributed by atoms with van der Waals surface area (Å²) in [7, 11) is 1.78. The fourth-order valence-electron chi connectivity index (χ4n) is 1.94. The maximum atomic E-state index is 8.27. The van der Waals surface area contributed by atoms with Crippen LogP contribution in [0.25, 0.3) is 5.57 Å². The maximum absolute atomic E-state index is 8.27. The van der Waals surface area contributed by atoms with E-state index in [0.29, 0.717) is 9.91 Å². The topological polar surface area (TPSA) is 77.9 Å². The molecule has 0 saturated carbocycles. The minimum Gasteiger partial charge on any atom is -0.293 e. The fraction of sp³-hybridized carbons (Fsp3) is 0.412. The van der Waals surface area contributed by atoms with Crippen molar-refractivity contribution in [2.24, 2.45) is 10.4 Å². The van der Waals surface area contributed by atoms with Crippen LogP contribution in [-0.2, 0) is 0 Å². The van der Waals surface area contributed by atoms with Crippen molar-refractivity contribution < 1.29 is 0 Å². The largest absolute Gasteiger partial charge is 0.293 e. The van der Waals surface area contributed by atoms with Gasteiger partial charge in [-0.15, -0.1) is 0 Å². The molecule has 0 aliphatic carbocycles. The van der Waals surface area contributed by atoms with Crippen molar-refractivity contribution in [3.8, 4) is 0 Å².